The van der Waals surface area contributed by atoms with Gasteiger partial charge in [0.2, 0.25) is 0 Å². The van der Waals surface area contributed by atoms with E-state index in [2.05, 4.69) is 9.97 Å². The van der Waals surface area contributed by atoms with Crippen molar-refractivity contribution in [1.82, 2.24) is 9.97 Å². The van der Waals surface area contributed by atoms with Gasteiger partial charge in [-0.1, -0.05) is 0 Å². The second-order valence-corrected chi connectivity index (χ2v) is 4.53. The number of aromatic nitrogens is 2. The summed E-state index contributed by atoms with van der Waals surface area (Å²) in [5.74, 6) is 0. The number of aromatic amines is 2. The minimum Gasteiger partial charge on any atom is -0.744 e. The van der Waals surface area contributed by atoms with E-state index in [4.69, 9.17) is 12.2 Å². The standard InChI is InChI=1S/C7H6N2O3S2.Na.H2O/c10-14(11,12)4-1-2-5-6(3-4)9-7(13)8-5;;/h1-3H,(H2,8,9,13)(H,10,11,12);;1H2/q;+1;/p-1. The first-order valence-corrected chi connectivity index (χ1v) is 5.46. The zero-order valence-electron chi connectivity index (χ0n) is 8.27. The molecule has 0 fully saturated rings. The third-order valence-corrected chi connectivity index (χ3v) is 2.81. The van der Waals surface area contributed by atoms with Crippen molar-refractivity contribution in [3.63, 3.8) is 0 Å². The van der Waals surface area contributed by atoms with Gasteiger partial charge < -0.3 is 20.0 Å². The number of benzene rings is 1. The Kier molecular flexibility index (Phi) is 5.33. The topological polar surface area (TPSA) is 120 Å². The van der Waals surface area contributed by atoms with Crippen molar-refractivity contribution in [2.24, 2.45) is 0 Å². The maximum Gasteiger partial charge on any atom is 1.00 e. The van der Waals surface area contributed by atoms with Crippen molar-refractivity contribution in [1.29, 1.82) is 0 Å². The summed E-state index contributed by atoms with van der Waals surface area (Å²) in [6.07, 6.45) is 0. The van der Waals surface area contributed by atoms with E-state index in [1.165, 1.54) is 18.2 Å². The van der Waals surface area contributed by atoms with Crippen LogP contribution in [0.1, 0.15) is 0 Å². The fourth-order valence-corrected chi connectivity index (χ4v) is 1.88. The Balaban J connectivity index is 0.00000112. The van der Waals surface area contributed by atoms with E-state index in [0.29, 0.717) is 15.8 Å². The SMILES string of the molecule is O.O=S(=O)([O-])c1ccc2[nH]c(=S)[nH]c2c1.[Na+]. The van der Waals surface area contributed by atoms with Crippen molar-refractivity contribution in [3.8, 4) is 0 Å². The van der Waals surface area contributed by atoms with Gasteiger partial charge in [0.15, 0.2) is 4.77 Å². The number of nitrogens with one attached hydrogen (secondary N) is 2. The van der Waals surface area contributed by atoms with Crippen LogP contribution >= 0.6 is 12.2 Å². The van der Waals surface area contributed by atoms with Gasteiger partial charge in [-0.05, 0) is 30.4 Å². The normalized spacial score (nSPS) is 10.6. The molecule has 4 N–H and O–H groups in total. The summed E-state index contributed by atoms with van der Waals surface area (Å²) in [6.45, 7) is 0. The Hall–Kier alpha value is -0.220. The van der Waals surface area contributed by atoms with E-state index in [1.807, 2.05) is 0 Å². The zero-order valence-corrected chi connectivity index (χ0v) is 11.9. The van der Waals surface area contributed by atoms with Crippen LogP contribution in [0.2, 0.25) is 0 Å². The summed E-state index contributed by atoms with van der Waals surface area (Å²) in [7, 11) is -4.40. The summed E-state index contributed by atoms with van der Waals surface area (Å²) >= 11 is 4.81. The van der Waals surface area contributed by atoms with Crippen LogP contribution in [0.25, 0.3) is 11.0 Å². The molecule has 6 nitrogen and oxygen atoms in total. The van der Waals surface area contributed by atoms with Crippen molar-refractivity contribution in [2.45, 2.75) is 4.90 Å². The number of rotatable bonds is 1. The summed E-state index contributed by atoms with van der Waals surface area (Å²) < 4.78 is 32.4. The number of H-pyrrole nitrogens is 2. The minimum atomic E-state index is -4.40. The third-order valence-electron chi connectivity index (χ3n) is 1.78. The molecule has 0 bridgehead atoms. The number of hydrogen-bond acceptors (Lipinski definition) is 4. The molecule has 0 aliphatic heterocycles. The summed E-state index contributed by atoms with van der Waals surface area (Å²) in [5.41, 5.74) is 1.18. The Morgan fingerprint density at radius 1 is 1.19 bits per heavy atom. The Bertz CT molecular complexity index is 646. The van der Waals surface area contributed by atoms with Gasteiger partial charge >= 0.3 is 29.6 Å². The third kappa shape index (κ3) is 3.14. The molecule has 1 aromatic heterocycles. The second kappa shape index (κ2) is 5.41. The van der Waals surface area contributed by atoms with Crippen LogP contribution in [0.4, 0.5) is 0 Å². The van der Waals surface area contributed by atoms with E-state index in [9.17, 15) is 13.0 Å². The molecule has 0 amide bonds. The first-order chi connectivity index (χ1) is 6.47. The van der Waals surface area contributed by atoms with Crippen LogP contribution in [0.5, 0.6) is 0 Å². The Labute approximate surface area is 118 Å². The van der Waals surface area contributed by atoms with E-state index < -0.39 is 10.1 Å². The molecular weight excluding hydrogens is 263 g/mol. The molecule has 0 saturated heterocycles. The van der Waals surface area contributed by atoms with Crippen LogP contribution in [0, 0.1) is 4.77 Å². The number of imidazole rings is 1. The second-order valence-electron chi connectivity index (χ2n) is 2.74. The molecule has 2 aromatic rings. The summed E-state index contributed by atoms with van der Waals surface area (Å²) in [4.78, 5) is 5.26. The molecule has 1 aromatic carbocycles. The molecule has 82 valence electrons. The van der Waals surface area contributed by atoms with Crippen LogP contribution in [0.15, 0.2) is 23.1 Å². The van der Waals surface area contributed by atoms with Gasteiger partial charge in [-0.25, -0.2) is 8.42 Å². The van der Waals surface area contributed by atoms with Gasteiger partial charge in [-0.2, -0.15) is 0 Å². The van der Waals surface area contributed by atoms with Crippen LogP contribution in [-0.4, -0.2) is 28.4 Å². The van der Waals surface area contributed by atoms with Gasteiger partial charge in [-0.15, -0.1) is 0 Å². The largest absolute Gasteiger partial charge is 1.00 e. The number of hydrogen-bond donors (Lipinski definition) is 2. The van der Waals surface area contributed by atoms with E-state index in [-0.39, 0.29) is 39.9 Å². The van der Waals surface area contributed by atoms with Crippen LogP contribution in [-0.2, 0) is 10.1 Å². The molecule has 0 aliphatic carbocycles. The first kappa shape index (κ1) is 15.8. The predicted molar refractivity (Wildman–Crippen MR) is 55.1 cm³/mol. The molecule has 1 heterocycles. The van der Waals surface area contributed by atoms with Gasteiger partial charge in [-0.3, -0.25) is 0 Å². The molecular formula is C7H7N2NaO4S2. The molecule has 0 unspecified atom stereocenters. The predicted octanol–water partition coefficient (Wildman–Crippen LogP) is -2.69. The van der Waals surface area contributed by atoms with Gasteiger partial charge in [0.05, 0.1) is 15.9 Å². The summed E-state index contributed by atoms with van der Waals surface area (Å²) in [5, 5.41) is 0. The van der Waals surface area contributed by atoms with Gasteiger partial charge in [0.25, 0.3) is 0 Å². The molecule has 0 saturated carbocycles. The van der Waals surface area contributed by atoms with Crippen LogP contribution in [0.3, 0.4) is 0 Å². The fraction of sp³-hybridized carbons (Fsp3) is 0. The van der Waals surface area contributed by atoms with E-state index >= 15 is 0 Å². The maximum absolute atomic E-state index is 10.7. The minimum absolute atomic E-state index is 0. The average Bonchev–Trinajstić information content (AvgIpc) is 2.41. The molecule has 2 rings (SSSR count). The quantitative estimate of drug-likeness (QED) is 0.333. The maximum atomic E-state index is 10.7. The molecule has 0 spiro atoms. The van der Waals surface area contributed by atoms with Crippen molar-refractivity contribution >= 4 is 33.4 Å². The van der Waals surface area contributed by atoms with E-state index in [0.717, 1.165) is 0 Å². The van der Waals surface area contributed by atoms with Gasteiger partial charge in [0.1, 0.15) is 10.1 Å². The summed E-state index contributed by atoms with van der Waals surface area (Å²) in [6, 6.07) is 3.99. The zero-order chi connectivity index (χ0) is 10.3. The average molecular weight is 270 g/mol. The fourth-order valence-electron chi connectivity index (χ4n) is 1.17. The molecule has 16 heavy (non-hydrogen) atoms. The monoisotopic (exact) mass is 270 g/mol. The Morgan fingerprint density at radius 3 is 2.31 bits per heavy atom. The van der Waals surface area contributed by atoms with Crippen LogP contribution < -0.4 is 29.6 Å². The molecule has 0 aliphatic rings. The molecule has 9 heteroatoms. The van der Waals surface area contributed by atoms with E-state index in [1.54, 1.807) is 0 Å². The first-order valence-electron chi connectivity index (χ1n) is 3.65. The number of fused-ring (bicyclic) bond motifs is 1. The van der Waals surface area contributed by atoms with Gasteiger partial charge in [0, 0.05) is 0 Å². The molecule has 0 radical (unpaired) electrons. The van der Waals surface area contributed by atoms with Crippen molar-refractivity contribution in [3.05, 3.63) is 23.0 Å². The Morgan fingerprint density at radius 2 is 1.75 bits per heavy atom. The molecule has 0 atom stereocenters. The smallest absolute Gasteiger partial charge is 0.744 e. The van der Waals surface area contributed by atoms with Crippen molar-refractivity contribution in [2.75, 3.05) is 0 Å². The van der Waals surface area contributed by atoms with Crippen molar-refractivity contribution < 1.29 is 48.0 Å².